The number of methoxy groups -OCH3 is 1. The minimum atomic E-state index is -0.382. The third-order valence-corrected chi connectivity index (χ3v) is 6.22. The molecule has 37 heavy (non-hydrogen) atoms. The number of para-hydroxylation sites is 2. The maximum absolute atomic E-state index is 12.6. The Bertz CT molecular complexity index is 1310. The van der Waals surface area contributed by atoms with Crippen LogP contribution in [0.15, 0.2) is 78.9 Å². The summed E-state index contributed by atoms with van der Waals surface area (Å²) in [5, 5.41) is 15.7. The largest absolute Gasteiger partial charge is 0.691 e. The molecular formula is C30H33N3O4. The SMILES string of the molecule is COCCCCCCCCOc1ccc(-c2ccc(/C=C/C(=O)n3n[n+]([O-])c4ccccc43)cc2)cc1. The Morgan fingerprint density at radius 1 is 0.865 bits per heavy atom. The fourth-order valence-electron chi connectivity index (χ4n) is 4.16. The van der Waals surface area contributed by atoms with Gasteiger partial charge in [-0.15, -0.1) is 4.85 Å². The highest BCUT2D eigenvalue weighted by molar-refractivity contribution is 5.97. The highest BCUT2D eigenvalue weighted by atomic mass is 16.5. The van der Waals surface area contributed by atoms with Crippen LogP contribution in [-0.2, 0) is 4.74 Å². The van der Waals surface area contributed by atoms with Crippen molar-refractivity contribution in [2.75, 3.05) is 20.3 Å². The first-order valence-electron chi connectivity index (χ1n) is 12.8. The molecule has 0 saturated carbocycles. The van der Waals surface area contributed by atoms with Crippen molar-refractivity contribution in [1.82, 2.24) is 9.90 Å². The zero-order valence-corrected chi connectivity index (χ0v) is 21.2. The van der Waals surface area contributed by atoms with E-state index >= 15 is 0 Å². The fraction of sp³-hybridized carbons (Fsp3) is 0.300. The Morgan fingerprint density at radius 3 is 2.19 bits per heavy atom. The van der Waals surface area contributed by atoms with Gasteiger partial charge in [-0.2, -0.15) is 0 Å². The molecule has 1 heterocycles. The summed E-state index contributed by atoms with van der Waals surface area (Å²) in [5.74, 6) is 0.500. The molecule has 0 saturated heterocycles. The van der Waals surface area contributed by atoms with Crippen molar-refractivity contribution < 1.29 is 19.1 Å². The lowest BCUT2D eigenvalue weighted by molar-refractivity contribution is -0.645. The van der Waals surface area contributed by atoms with Crippen LogP contribution in [0.25, 0.3) is 28.2 Å². The molecule has 0 amide bonds. The average molecular weight is 500 g/mol. The first kappa shape index (κ1) is 26.1. The Balaban J connectivity index is 1.25. The van der Waals surface area contributed by atoms with Crippen molar-refractivity contribution >= 4 is 23.0 Å². The topological polar surface area (TPSA) is 80.3 Å². The van der Waals surface area contributed by atoms with E-state index in [-0.39, 0.29) is 5.91 Å². The Hall–Kier alpha value is -3.97. The van der Waals surface area contributed by atoms with Gasteiger partial charge in [0.05, 0.1) is 6.61 Å². The van der Waals surface area contributed by atoms with Crippen molar-refractivity contribution in [2.45, 2.75) is 38.5 Å². The van der Waals surface area contributed by atoms with E-state index in [2.05, 4.69) is 17.3 Å². The van der Waals surface area contributed by atoms with Crippen LogP contribution in [0.1, 0.15) is 48.9 Å². The van der Waals surface area contributed by atoms with Crippen LogP contribution in [0, 0.1) is 5.21 Å². The quantitative estimate of drug-likeness (QED) is 0.0967. The highest BCUT2D eigenvalue weighted by Gasteiger charge is 2.18. The van der Waals surface area contributed by atoms with Gasteiger partial charge in [-0.05, 0) is 59.9 Å². The number of hydrogen-bond acceptors (Lipinski definition) is 5. The van der Waals surface area contributed by atoms with Gasteiger partial charge < -0.3 is 14.7 Å². The van der Waals surface area contributed by atoms with Gasteiger partial charge in [0, 0.05) is 19.8 Å². The summed E-state index contributed by atoms with van der Waals surface area (Å²) < 4.78 is 12.1. The van der Waals surface area contributed by atoms with Crippen LogP contribution in [-0.4, -0.2) is 36.1 Å². The van der Waals surface area contributed by atoms with Gasteiger partial charge >= 0.3 is 5.91 Å². The molecule has 192 valence electrons. The Morgan fingerprint density at radius 2 is 1.49 bits per heavy atom. The van der Waals surface area contributed by atoms with Crippen LogP contribution < -0.4 is 9.58 Å². The lowest BCUT2D eigenvalue weighted by Crippen LogP contribution is -2.30. The molecule has 0 unspecified atom stereocenters. The molecule has 0 atom stereocenters. The molecule has 4 aromatic rings. The van der Waals surface area contributed by atoms with E-state index in [9.17, 15) is 10.0 Å². The molecule has 0 N–H and O–H groups in total. The van der Waals surface area contributed by atoms with E-state index in [1.165, 1.54) is 31.8 Å². The minimum absolute atomic E-state index is 0.356. The number of nitrogens with zero attached hydrogens (tertiary/aromatic N) is 3. The summed E-state index contributed by atoms with van der Waals surface area (Å²) in [7, 11) is 1.75. The zero-order chi connectivity index (χ0) is 25.9. The van der Waals surface area contributed by atoms with E-state index in [0.717, 1.165) is 53.2 Å². The van der Waals surface area contributed by atoms with Gasteiger partial charge in [-0.3, -0.25) is 0 Å². The predicted molar refractivity (Wildman–Crippen MR) is 145 cm³/mol. The van der Waals surface area contributed by atoms with E-state index < -0.39 is 0 Å². The summed E-state index contributed by atoms with van der Waals surface area (Å²) in [6.45, 7) is 1.59. The summed E-state index contributed by atoms with van der Waals surface area (Å²) in [4.78, 5) is 13.0. The Kier molecular flexibility index (Phi) is 9.43. The second kappa shape index (κ2) is 13.4. The van der Waals surface area contributed by atoms with Crippen molar-refractivity contribution in [3.8, 4) is 16.9 Å². The number of benzene rings is 3. The molecule has 0 spiro atoms. The molecule has 4 rings (SSSR count). The molecule has 0 radical (unpaired) electrons. The molecule has 1 aromatic heterocycles. The highest BCUT2D eigenvalue weighted by Crippen LogP contribution is 2.23. The van der Waals surface area contributed by atoms with Crippen molar-refractivity contribution in [3.63, 3.8) is 0 Å². The van der Waals surface area contributed by atoms with Gasteiger partial charge in [-0.25, -0.2) is 4.79 Å². The summed E-state index contributed by atoms with van der Waals surface area (Å²) >= 11 is 0. The van der Waals surface area contributed by atoms with Crippen LogP contribution in [0.2, 0.25) is 0 Å². The maximum atomic E-state index is 12.6. The monoisotopic (exact) mass is 499 g/mol. The minimum Gasteiger partial charge on any atom is -0.691 e. The van der Waals surface area contributed by atoms with Crippen LogP contribution >= 0.6 is 0 Å². The second-order valence-electron chi connectivity index (χ2n) is 8.94. The third kappa shape index (κ3) is 7.27. The molecule has 0 aliphatic carbocycles. The molecular weight excluding hydrogens is 466 g/mol. The van der Waals surface area contributed by atoms with Crippen molar-refractivity contribution in [2.24, 2.45) is 0 Å². The number of rotatable bonds is 13. The molecule has 0 aliphatic heterocycles. The van der Waals surface area contributed by atoms with E-state index in [0.29, 0.717) is 15.9 Å². The van der Waals surface area contributed by atoms with Gasteiger partial charge in [0.2, 0.25) is 11.0 Å². The number of carbonyl (C=O) groups excluding carboxylic acids is 1. The second-order valence-corrected chi connectivity index (χ2v) is 8.94. The van der Waals surface area contributed by atoms with E-state index in [1.807, 2.05) is 36.4 Å². The summed E-state index contributed by atoms with van der Waals surface area (Å²) in [6, 6.07) is 22.9. The van der Waals surface area contributed by atoms with E-state index in [4.69, 9.17) is 9.47 Å². The number of carbonyl (C=O) groups is 1. The summed E-state index contributed by atoms with van der Waals surface area (Å²) in [5.41, 5.74) is 3.88. The smallest absolute Gasteiger partial charge is 0.359 e. The van der Waals surface area contributed by atoms with Crippen molar-refractivity contribution in [1.29, 1.82) is 0 Å². The molecule has 3 aromatic carbocycles. The van der Waals surface area contributed by atoms with Gasteiger partial charge in [0.25, 0.3) is 0 Å². The van der Waals surface area contributed by atoms with Crippen LogP contribution in [0.3, 0.4) is 0 Å². The number of hydrogen-bond donors (Lipinski definition) is 0. The lowest BCUT2D eigenvalue weighted by Gasteiger charge is -2.08. The van der Waals surface area contributed by atoms with Crippen LogP contribution in [0.4, 0.5) is 0 Å². The zero-order valence-electron chi connectivity index (χ0n) is 21.2. The number of ether oxygens (including phenoxy) is 2. The van der Waals surface area contributed by atoms with Gasteiger partial charge in [0.15, 0.2) is 0 Å². The molecule has 7 nitrogen and oxygen atoms in total. The van der Waals surface area contributed by atoms with Gasteiger partial charge in [0.1, 0.15) is 11.0 Å². The number of unbranched alkanes of at least 4 members (excludes halogenated alkanes) is 5. The van der Waals surface area contributed by atoms with Crippen LogP contribution in [0.5, 0.6) is 5.75 Å². The summed E-state index contributed by atoms with van der Waals surface area (Å²) in [6.07, 6.45) is 10.3. The molecule has 0 fully saturated rings. The first-order chi connectivity index (χ1) is 18.2. The molecule has 0 aliphatic rings. The molecule has 7 heteroatoms. The van der Waals surface area contributed by atoms with Gasteiger partial charge in [-0.1, -0.05) is 78.9 Å². The first-order valence-corrected chi connectivity index (χ1v) is 12.8. The standard InChI is InChI=1S/C30H33N3O4/c1-36-22-8-4-2-3-5-9-23-37-27-19-17-26(18-20-27)25-15-12-24(13-16-25)14-21-30(34)32-28-10-6-7-11-29(28)33(35)31-32/h6-7,10-21H,2-5,8-9,22-23H2,1H3/b21-14+. The van der Waals surface area contributed by atoms with Crippen molar-refractivity contribution in [3.05, 3.63) is 89.6 Å². The third-order valence-electron chi connectivity index (χ3n) is 6.22. The average Bonchev–Trinajstić information content (AvgIpc) is 3.28. The number of fused-ring (bicyclic) bond motifs is 1. The number of aromatic nitrogens is 3. The Labute approximate surface area is 217 Å². The fourth-order valence-corrected chi connectivity index (χ4v) is 4.16. The normalized spacial score (nSPS) is 11.4. The maximum Gasteiger partial charge on any atom is 0.359 e. The molecule has 0 bridgehead atoms. The lowest BCUT2D eigenvalue weighted by atomic mass is 10.0. The van der Waals surface area contributed by atoms with E-state index in [1.54, 1.807) is 37.5 Å². The number of allylic oxidation sites excluding steroid dienone is 1. The predicted octanol–water partition coefficient (Wildman–Crippen LogP) is 6.06.